The molecule has 0 fully saturated rings. The van der Waals surface area contributed by atoms with Crippen molar-refractivity contribution in [2.24, 2.45) is 4.99 Å². The highest BCUT2D eigenvalue weighted by atomic mass is 16.3. The number of aliphatic imine (C=N–C) groups is 1. The molecule has 0 radical (unpaired) electrons. The minimum atomic E-state index is -0.870. The summed E-state index contributed by atoms with van der Waals surface area (Å²) in [5.41, 5.74) is 1.01. The number of amidine groups is 1. The topological polar surface area (TPSA) is 73.1 Å². The van der Waals surface area contributed by atoms with Gasteiger partial charge in [-0.15, -0.1) is 0 Å². The largest absolute Gasteiger partial charge is 0.508 e. The average molecular weight is 346 g/mol. The molecule has 0 saturated carbocycles. The number of hydrogen-bond acceptors (Lipinski definition) is 4. The minimum Gasteiger partial charge on any atom is -0.508 e. The Morgan fingerprint density at radius 1 is 0.846 bits per heavy atom. The van der Waals surface area contributed by atoms with Gasteiger partial charge in [0.25, 0.3) is 5.91 Å². The zero-order valence-corrected chi connectivity index (χ0v) is 14.0. The number of carbonyl (C=O) groups excluding carboxylic acids is 1. The van der Waals surface area contributed by atoms with Gasteiger partial charge in [0.2, 0.25) is 0 Å². The Hall–Kier alpha value is -3.34. The molecule has 2 aliphatic rings. The van der Waals surface area contributed by atoms with Gasteiger partial charge in [0.15, 0.2) is 0 Å². The quantitative estimate of drug-likeness (QED) is 0.893. The average Bonchev–Trinajstić information content (AvgIpc) is 2.91. The van der Waals surface area contributed by atoms with Gasteiger partial charge in [0.1, 0.15) is 22.9 Å². The van der Waals surface area contributed by atoms with Crippen LogP contribution in [0, 0.1) is 0 Å². The SMILES string of the molecule is O=C1N=C2C=CC=CN2C1(Cc1ccc(O)cc1)Cc1ccc(O)cc1. The lowest BCUT2D eigenvalue weighted by atomic mass is 9.83. The Labute approximate surface area is 151 Å². The number of phenolic OH excluding ortho intramolecular Hbond substituents is 2. The predicted octanol–water partition coefficient (Wildman–Crippen LogP) is 2.95. The first-order chi connectivity index (χ1) is 12.6. The van der Waals surface area contributed by atoms with Crippen LogP contribution in [0.15, 0.2) is 78.0 Å². The summed E-state index contributed by atoms with van der Waals surface area (Å²) in [4.78, 5) is 19.2. The van der Waals surface area contributed by atoms with Crippen molar-refractivity contribution in [3.63, 3.8) is 0 Å². The van der Waals surface area contributed by atoms with Crippen molar-refractivity contribution in [3.05, 3.63) is 84.1 Å². The first-order valence-corrected chi connectivity index (χ1v) is 8.40. The number of amides is 1. The molecule has 0 atom stereocenters. The summed E-state index contributed by atoms with van der Waals surface area (Å²) in [5.74, 6) is 0.827. The van der Waals surface area contributed by atoms with Crippen molar-refractivity contribution in [3.8, 4) is 11.5 Å². The molecule has 0 aliphatic carbocycles. The first kappa shape index (κ1) is 16.1. The molecule has 0 unspecified atom stereocenters. The fourth-order valence-corrected chi connectivity index (χ4v) is 3.49. The van der Waals surface area contributed by atoms with Crippen LogP contribution in [-0.4, -0.2) is 32.4 Å². The smallest absolute Gasteiger partial charge is 0.274 e. The lowest BCUT2D eigenvalue weighted by Crippen LogP contribution is -2.52. The lowest BCUT2D eigenvalue weighted by molar-refractivity contribution is -0.124. The van der Waals surface area contributed by atoms with Gasteiger partial charge in [-0.05, 0) is 47.5 Å². The maximum Gasteiger partial charge on any atom is 0.274 e. The summed E-state index contributed by atoms with van der Waals surface area (Å²) < 4.78 is 0. The number of nitrogens with zero attached hydrogens (tertiary/aromatic N) is 2. The third-order valence-corrected chi connectivity index (χ3v) is 4.78. The van der Waals surface area contributed by atoms with E-state index >= 15 is 0 Å². The summed E-state index contributed by atoms with van der Waals surface area (Å²) in [5, 5.41) is 19.1. The second-order valence-corrected chi connectivity index (χ2v) is 6.56. The van der Waals surface area contributed by atoms with Gasteiger partial charge in [0, 0.05) is 19.0 Å². The van der Waals surface area contributed by atoms with Gasteiger partial charge in [-0.25, -0.2) is 0 Å². The molecule has 2 heterocycles. The molecule has 4 rings (SSSR count). The summed E-state index contributed by atoms with van der Waals surface area (Å²) in [6.07, 6.45) is 8.37. The highest BCUT2D eigenvalue weighted by Crippen LogP contribution is 2.35. The highest BCUT2D eigenvalue weighted by molar-refractivity contribution is 6.12. The number of rotatable bonds is 4. The maximum absolute atomic E-state index is 13.0. The van der Waals surface area contributed by atoms with E-state index in [4.69, 9.17) is 0 Å². The van der Waals surface area contributed by atoms with E-state index in [9.17, 15) is 15.0 Å². The van der Waals surface area contributed by atoms with Gasteiger partial charge >= 0.3 is 0 Å². The molecule has 130 valence electrons. The number of aromatic hydroxyl groups is 2. The van der Waals surface area contributed by atoms with Crippen molar-refractivity contribution in [2.75, 3.05) is 0 Å². The third kappa shape index (κ3) is 2.77. The second-order valence-electron chi connectivity index (χ2n) is 6.56. The molecule has 2 aromatic rings. The number of hydrogen-bond donors (Lipinski definition) is 2. The van der Waals surface area contributed by atoms with E-state index in [2.05, 4.69) is 4.99 Å². The van der Waals surface area contributed by atoms with Crippen LogP contribution in [0.4, 0.5) is 0 Å². The first-order valence-electron chi connectivity index (χ1n) is 8.40. The molecule has 0 aromatic heterocycles. The summed E-state index contributed by atoms with van der Waals surface area (Å²) in [7, 11) is 0. The zero-order chi connectivity index (χ0) is 18.1. The number of allylic oxidation sites excluding steroid dienone is 2. The highest BCUT2D eigenvalue weighted by Gasteiger charge is 2.49. The predicted molar refractivity (Wildman–Crippen MR) is 98.9 cm³/mol. The fraction of sp³-hybridized carbons (Fsp3) is 0.143. The Bertz CT molecular complexity index is 877. The van der Waals surface area contributed by atoms with Crippen LogP contribution >= 0.6 is 0 Å². The molecule has 5 heteroatoms. The number of phenols is 2. The van der Waals surface area contributed by atoms with Gasteiger partial charge in [-0.1, -0.05) is 30.3 Å². The Kier molecular flexibility index (Phi) is 3.84. The molecule has 2 aliphatic heterocycles. The van der Waals surface area contributed by atoms with Gasteiger partial charge in [-0.3, -0.25) is 4.79 Å². The monoisotopic (exact) mass is 346 g/mol. The number of fused-ring (bicyclic) bond motifs is 1. The van der Waals surface area contributed by atoms with Crippen molar-refractivity contribution < 1.29 is 15.0 Å². The van der Waals surface area contributed by atoms with Crippen LogP contribution in [0.3, 0.4) is 0 Å². The molecule has 2 N–H and O–H groups in total. The molecule has 2 aromatic carbocycles. The van der Waals surface area contributed by atoms with E-state index in [1.165, 1.54) is 0 Å². The van der Waals surface area contributed by atoms with Crippen LogP contribution in [0.5, 0.6) is 11.5 Å². The Morgan fingerprint density at radius 3 is 1.92 bits per heavy atom. The van der Waals surface area contributed by atoms with Crippen LogP contribution < -0.4 is 0 Å². The van der Waals surface area contributed by atoms with E-state index < -0.39 is 5.54 Å². The standard InChI is InChI=1S/C21H18N2O3/c24-17-8-4-15(5-9-17)13-21(14-16-6-10-18(25)11-7-16)20(26)22-19-3-1-2-12-23(19)21/h1-12,24-25H,13-14H2. The van der Waals surface area contributed by atoms with Gasteiger partial charge in [-0.2, -0.15) is 4.99 Å². The normalized spacial score (nSPS) is 17.3. The molecular weight excluding hydrogens is 328 g/mol. The molecule has 26 heavy (non-hydrogen) atoms. The van der Waals surface area contributed by atoms with Crippen LogP contribution in [0.1, 0.15) is 11.1 Å². The van der Waals surface area contributed by atoms with Crippen molar-refractivity contribution in [1.82, 2.24) is 4.90 Å². The molecular formula is C21H18N2O3. The molecule has 0 saturated heterocycles. The Morgan fingerprint density at radius 2 is 1.38 bits per heavy atom. The summed E-state index contributed by atoms with van der Waals surface area (Å²) in [6.45, 7) is 0. The van der Waals surface area contributed by atoms with Crippen LogP contribution in [-0.2, 0) is 17.6 Å². The van der Waals surface area contributed by atoms with Crippen molar-refractivity contribution in [1.29, 1.82) is 0 Å². The van der Waals surface area contributed by atoms with Crippen molar-refractivity contribution in [2.45, 2.75) is 18.4 Å². The van der Waals surface area contributed by atoms with E-state index in [0.717, 1.165) is 11.1 Å². The van der Waals surface area contributed by atoms with E-state index in [-0.39, 0.29) is 17.4 Å². The van der Waals surface area contributed by atoms with Crippen LogP contribution in [0.2, 0.25) is 0 Å². The van der Waals surface area contributed by atoms with Gasteiger partial charge in [0.05, 0.1) is 0 Å². The van der Waals surface area contributed by atoms with Gasteiger partial charge < -0.3 is 15.1 Å². The van der Waals surface area contributed by atoms with E-state index in [1.54, 1.807) is 24.3 Å². The fourth-order valence-electron chi connectivity index (χ4n) is 3.49. The number of benzene rings is 2. The number of carbonyl (C=O) groups is 1. The molecule has 5 nitrogen and oxygen atoms in total. The van der Waals surface area contributed by atoms with E-state index in [0.29, 0.717) is 18.7 Å². The summed E-state index contributed by atoms with van der Waals surface area (Å²) >= 11 is 0. The summed E-state index contributed by atoms with van der Waals surface area (Å²) in [6, 6.07) is 13.8. The lowest BCUT2D eigenvalue weighted by Gasteiger charge is -2.37. The molecule has 0 spiro atoms. The zero-order valence-electron chi connectivity index (χ0n) is 14.0. The molecule has 1 amide bonds. The van der Waals surface area contributed by atoms with Crippen molar-refractivity contribution >= 4 is 11.7 Å². The minimum absolute atomic E-state index is 0.190. The molecule has 0 bridgehead atoms. The van der Waals surface area contributed by atoms with E-state index in [1.807, 2.05) is 53.6 Å². The Balaban J connectivity index is 1.75. The second kappa shape index (κ2) is 6.19. The maximum atomic E-state index is 13.0. The van der Waals surface area contributed by atoms with Crippen LogP contribution in [0.25, 0.3) is 0 Å². The third-order valence-electron chi connectivity index (χ3n) is 4.78.